The summed E-state index contributed by atoms with van der Waals surface area (Å²) in [5.41, 5.74) is 1.32. The Bertz CT molecular complexity index is 299. The lowest BCUT2D eigenvalue weighted by molar-refractivity contribution is 0.132. The maximum Gasteiger partial charge on any atom is 0.0541 e. The molecule has 1 aliphatic carbocycles. The first kappa shape index (κ1) is 11.0. The Labute approximate surface area is 95.9 Å². The molecule has 1 N–H and O–H groups in total. The summed E-state index contributed by atoms with van der Waals surface area (Å²) in [5, 5.41) is 10.1. The molecule has 1 saturated carbocycles. The van der Waals surface area contributed by atoms with Crippen molar-refractivity contribution in [3.63, 3.8) is 0 Å². The summed E-state index contributed by atoms with van der Waals surface area (Å²) in [6.07, 6.45) is 4.21. The molecule has 1 aromatic carbocycles. The third-order valence-electron chi connectivity index (χ3n) is 2.97. The van der Waals surface area contributed by atoms with E-state index < -0.39 is 0 Å². The normalized spacial score (nSPS) is 26.5. The van der Waals surface area contributed by atoms with Crippen LogP contribution in [0, 0.1) is 6.92 Å². The van der Waals surface area contributed by atoms with Crippen molar-refractivity contribution in [3.8, 4) is 0 Å². The third kappa shape index (κ3) is 3.25. The monoisotopic (exact) mass is 222 g/mol. The Morgan fingerprint density at radius 3 is 2.27 bits per heavy atom. The number of hydrogen-bond acceptors (Lipinski definition) is 2. The van der Waals surface area contributed by atoms with Crippen LogP contribution in [0.15, 0.2) is 29.2 Å². The Kier molecular flexibility index (Phi) is 3.71. The molecule has 0 aromatic heterocycles. The van der Waals surface area contributed by atoms with Gasteiger partial charge < -0.3 is 5.11 Å². The zero-order valence-electron chi connectivity index (χ0n) is 9.15. The summed E-state index contributed by atoms with van der Waals surface area (Å²) in [6.45, 7) is 2.12. The zero-order valence-corrected chi connectivity index (χ0v) is 9.96. The molecule has 2 heteroatoms. The van der Waals surface area contributed by atoms with E-state index in [0.717, 1.165) is 25.7 Å². The molecule has 82 valence electrons. The maximum atomic E-state index is 9.42. The van der Waals surface area contributed by atoms with Crippen LogP contribution in [0.5, 0.6) is 0 Å². The Balaban J connectivity index is 1.89. The van der Waals surface area contributed by atoms with Crippen molar-refractivity contribution in [1.29, 1.82) is 0 Å². The van der Waals surface area contributed by atoms with Crippen LogP contribution in [-0.4, -0.2) is 16.5 Å². The van der Waals surface area contributed by atoms with Crippen molar-refractivity contribution in [1.82, 2.24) is 0 Å². The lowest BCUT2D eigenvalue weighted by atomic mass is 9.97. The quantitative estimate of drug-likeness (QED) is 0.827. The first-order chi connectivity index (χ1) is 7.24. The van der Waals surface area contributed by atoms with Gasteiger partial charge in [0, 0.05) is 10.1 Å². The maximum absolute atomic E-state index is 9.42. The average Bonchev–Trinajstić information content (AvgIpc) is 2.25. The van der Waals surface area contributed by atoms with Crippen LogP contribution >= 0.6 is 11.8 Å². The van der Waals surface area contributed by atoms with Crippen LogP contribution < -0.4 is 0 Å². The van der Waals surface area contributed by atoms with E-state index in [1.165, 1.54) is 10.5 Å². The molecule has 0 spiro atoms. The molecule has 0 saturated heterocycles. The summed E-state index contributed by atoms with van der Waals surface area (Å²) in [4.78, 5) is 1.36. The van der Waals surface area contributed by atoms with E-state index in [1.54, 1.807) is 0 Å². The molecule has 1 aliphatic rings. The second-order valence-electron chi connectivity index (χ2n) is 4.36. The van der Waals surface area contributed by atoms with Gasteiger partial charge in [-0.1, -0.05) is 17.7 Å². The van der Waals surface area contributed by atoms with Crippen LogP contribution in [0.1, 0.15) is 31.2 Å². The van der Waals surface area contributed by atoms with Crippen molar-refractivity contribution in [3.05, 3.63) is 29.8 Å². The summed E-state index contributed by atoms with van der Waals surface area (Å²) in [5.74, 6) is 0. The number of thioether (sulfide) groups is 1. The number of aryl methyl sites for hydroxylation is 1. The van der Waals surface area contributed by atoms with E-state index in [4.69, 9.17) is 0 Å². The highest BCUT2D eigenvalue weighted by molar-refractivity contribution is 8.00. The van der Waals surface area contributed by atoms with E-state index >= 15 is 0 Å². The molecular formula is C13H18OS. The summed E-state index contributed by atoms with van der Waals surface area (Å²) >= 11 is 1.96. The van der Waals surface area contributed by atoms with Crippen LogP contribution in [-0.2, 0) is 0 Å². The fourth-order valence-electron chi connectivity index (χ4n) is 1.97. The van der Waals surface area contributed by atoms with Crippen molar-refractivity contribution in [2.75, 3.05) is 0 Å². The molecular weight excluding hydrogens is 204 g/mol. The van der Waals surface area contributed by atoms with Crippen LogP contribution in [0.3, 0.4) is 0 Å². The summed E-state index contributed by atoms with van der Waals surface area (Å²) in [7, 11) is 0. The van der Waals surface area contributed by atoms with E-state index in [-0.39, 0.29) is 6.10 Å². The smallest absolute Gasteiger partial charge is 0.0541 e. The second-order valence-corrected chi connectivity index (χ2v) is 5.74. The predicted molar refractivity (Wildman–Crippen MR) is 65.3 cm³/mol. The molecule has 1 fully saturated rings. The van der Waals surface area contributed by atoms with Gasteiger partial charge in [-0.25, -0.2) is 0 Å². The van der Waals surface area contributed by atoms with Crippen molar-refractivity contribution in [2.45, 2.75) is 48.9 Å². The Hall–Kier alpha value is -0.470. The number of aliphatic hydroxyl groups excluding tert-OH is 1. The van der Waals surface area contributed by atoms with Gasteiger partial charge in [0.1, 0.15) is 0 Å². The van der Waals surface area contributed by atoms with Gasteiger partial charge in [-0.15, -0.1) is 11.8 Å². The largest absolute Gasteiger partial charge is 0.393 e. The predicted octanol–water partition coefficient (Wildman–Crippen LogP) is 3.39. The van der Waals surface area contributed by atoms with Gasteiger partial charge in [-0.05, 0) is 44.7 Å². The van der Waals surface area contributed by atoms with Crippen LogP contribution in [0.25, 0.3) is 0 Å². The molecule has 0 aliphatic heterocycles. The minimum Gasteiger partial charge on any atom is -0.393 e. The Morgan fingerprint density at radius 1 is 1.07 bits per heavy atom. The van der Waals surface area contributed by atoms with Crippen LogP contribution in [0.4, 0.5) is 0 Å². The highest BCUT2D eigenvalue weighted by Crippen LogP contribution is 2.33. The SMILES string of the molecule is Cc1ccc(SC2CCC(O)CC2)cc1. The molecule has 0 amide bonds. The molecule has 0 bridgehead atoms. The molecule has 0 radical (unpaired) electrons. The molecule has 2 rings (SSSR count). The molecule has 15 heavy (non-hydrogen) atoms. The van der Waals surface area contributed by atoms with Gasteiger partial charge in [0.05, 0.1) is 6.10 Å². The molecule has 0 unspecified atom stereocenters. The molecule has 0 atom stereocenters. The van der Waals surface area contributed by atoms with Crippen molar-refractivity contribution < 1.29 is 5.11 Å². The lowest BCUT2D eigenvalue weighted by Gasteiger charge is -2.24. The van der Waals surface area contributed by atoms with Gasteiger partial charge in [-0.3, -0.25) is 0 Å². The van der Waals surface area contributed by atoms with E-state index in [0.29, 0.717) is 5.25 Å². The highest BCUT2D eigenvalue weighted by Gasteiger charge is 2.19. The van der Waals surface area contributed by atoms with Crippen molar-refractivity contribution in [2.24, 2.45) is 0 Å². The number of rotatable bonds is 2. The first-order valence-corrected chi connectivity index (χ1v) is 6.53. The topological polar surface area (TPSA) is 20.2 Å². The molecule has 0 heterocycles. The first-order valence-electron chi connectivity index (χ1n) is 5.65. The summed E-state index contributed by atoms with van der Waals surface area (Å²) in [6, 6.07) is 8.73. The van der Waals surface area contributed by atoms with E-state index in [1.807, 2.05) is 11.8 Å². The Morgan fingerprint density at radius 2 is 1.67 bits per heavy atom. The standard InChI is InChI=1S/C13H18OS/c1-10-2-6-12(7-3-10)15-13-8-4-11(14)5-9-13/h2-3,6-7,11,13-14H,4-5,8-9H2,1H3. The number of aliphatic hydroxyl groups is 1. The van der Waals surface area contributed by atoms with Gasteiger partial charge in [0.2, 0.25) is 0 Å². The molecule has 1 nitrogen and oxygen atoms in total. The second kappa shape index (κ2) is 5.04. The fraction of sp³-hybridized carbons (Fsp3) is 0.538. The molecule has 1 aromatic rings. The number of hydrogen-bond donors (Lipinski definition) is 1. The van der Waals surface area contributed by atoms with Gasteiger partial charge in [0.15, 0.2) is 0 Å². The third-order valence-corrected chi connectivity index (χ3v) is 4.32. The van der Waals surface area contributed by atoms with Gasteiger partial charge >= 0.3 is 0 Å². The van der Waals surface area contributed by atoms with Gasteiger partial charge in [0.25, 0.3) is 0 Å². The van der Waals surface area contributed by atoms with Gasteiger partial charge in [-0.2, -0.15) is 0 Å². The lowest BCUT2D eigenvalue weighted by Crippen LogP contribution is -2.19. The number of benzene rings is 1. The summed E-state index contributed by atoms with van der Waals surface area (Å²) < 4.78 is 0. The zero-order chi connectivity index (χ0) is 10.7. The van der Waals surface area contributed by atoms with Crippen LogP contribution in [0.2, 0.25) is 0 Å². The van der Waals surface area contributed by atoms with Crippen molar-refractivity contribution >= 4 is 11.8 Å². The average molecular weight is 222 g/mol. The highest BCUT2D eigenvalue weighted by atomic mass is 32.2. The van der Waals surface area contributed by atoms with E-state index in [2.05, 4.69) is 31.2 Å². The fourth-order valence-corrected chi connectivity index (χ4v) is 3.16. The minimum absolute atomic E-state index is 0.0418. The minimum atomic E-state index is -0.0418. The van der Waals surface area contributed by atoms with E-state index in [9.17, 15) is 5.11 Å².